The molecule has 3 aromatic rings. The lowest BCUT2D eigenvalue weighted by Gasteiger charge is -2.24. The summed E-state index contributed by atoms with van der Waals surface area (Å²) in [4.78, 5) is 21.0. The van der Waals surface area contributed by atoms with Gasteiger partial charge in [0.15, 0.2) is 0 Å². The van der Waals surface area contributed by atoms with E-state index in [9.17, 15) is 4.79 Å². The van der Waals surface area contributed by atoms with Crippen molar-refractivity contribution in [2.45, 2.75) is 0 Å². The molecule has 0 aliphatic carbocycles. The molecule has 0 unspecified atom stereocenters. The number of hydrogen-bond donors (Lipinski definition) is 1. The first-order valence-corrected chi connectivity index (χ1v) is 8.43. The molecule has 26 heavy (non-hydrogen) atoms. The van der Waals surface area contributed by atoms with Gasteiger partial charge in [0.2, 0.25) is 0 Å². The molecule has 6 heteroatoms. The van der Waals surface area contributed by atoms with Gasteiger partial charge in [-0.3, -0.25) is 9.69 Å². The van der Waals surface area contributed by atoms with Gasteiger partial charge >= 0.3 is 0 Å². The van der Waals surface area contributed by atoms with E-state index in [0.29, 0.717) is 17.1 Å². The largest absolute Gasteiger partial charge is 0.399 e. The number of aromatic nitrogens is 1. The van der Waals surface area contributed by atoms with Crippen molar-refractivity contribution in [2.75, 3.05) is 29.6 Å². The highest BCUT2D eigenvalue weighted by atomic mass is 35.5. The molecule has 0 saturated carbocycles. The van der Waals surface area contributed by atoms with Crippen LogP contribution in [-0.2, 0) is 0 Å². The van der Waals surface area contributed by atoms with Crippen LogP contribution in [-0.4, -0.2) is 25.0 Å². The van der Waals surface area contributed by atoms with Gasteiger partial charge in [-0.25, -0.2) is 4.98 Å². The van der Waals surface area contributed by atoms with Crippen LogP contribution < -0.4 is 15.5 Å². The lowest BCUT2D eigenvalue weighted by atomic mass is 10.1. The highest BCUT2D eigenvalue weighted by Crippen LogP contribution is 2.29. The van der Waals surface area contributed by atoms with E-state index in [1.807, 2.05) is 56.6 Å². The molecule has 0 atom stereocenters. The summed E-state index contributed by atoms with van der Waals surface area (Å²) in [7, 11) is 3.70. The second-order valence-electron chi connectivity index (χ2n) is 6.00. The van der Waals surface area contributed by atoms with Crippen molar-refractivity contribution < 1.29 is 4.79 Å². The van der Waals surface area contributed by atoms with Crippen molar-refractivity contribution >= 4 is 40.4 Å². The number of para-hydroxylation sites is 1. The number of rotatable bonds is 4. The fraction of sp³-hybridized carbons (Fsp3) is 0.100. The van der Waals surface area contributed by atoms with Crippen molar-refractivity contribution in [3.63, 3.8) is 0 Å². The first kappa shape index (κ1) is 17.8. The molecule has 0 aliphatic rings. The number of nitrogen functional groups attached to an aromatic ring is 1. The van der Waals surface area contributed by atoms with Crippen LogP contribution in [0.15, 0.2) is 66.7 Å². The summed E-state index contributed by atoms with van der Waals surface area (Å²) in [6.45, 7) is 0. The van der Waals surface area contributed by atoms with Gasteiger partial charge in [0.1, 0.15) is 11.0 Å². The zero-order chi connectivity index (χ0) is 18.7. The number of halogens is 1. The number of hydrogen-bond acceptors (Lipinski definition) is 4. The first-order valence-electron chi connectivity index (χ1n) is 8.05. The molecule has 0 aliphatic heterocycles. The number of carbonyl (C=O) groups excluding carboxylic acids is 1. The minimum Gasteiger partial charge on any atom is -0.399 e. The van der Waals surface area contributed by atoms with Crippen molar-refractivity contribution in [1.29, 1.82) is 0 Å². The Kier molecular flexibility index (Phi) is 5.09. The molecule has 0 saturated heterocycles. The SMILES string of the molecule is CN(C)c1cc(C(=O)N(c2ccccc2)c2ccc(N)cc2)cc(Cl)n1. The van der Waals surface area contributed by atoms with Gasteiger partial charge in [-0.05, 0) is 48.5 Å². The lowest BCUT2D eigenvalue weighted by Crippen LogP contribution is -2.26. The smallest absolute Gasteiger partial charge is 0.263 e. The van der Waals surface area contributed by atoms with E-state index in [1.54, 1.807) is 34.1 Å². The summed E-state index contributed by atoms with van der Waals surface area (Å²) < 4.78 is 0. The van der Waals surface area contributed by atoms with Crippen molar-refractivity contribution in [3.8, 4) is 0 Å². The summed E-state index contributed by atoms with van der Waals surface area (Å²) >= 11 is 6.13. The van der Waals surface area contributed by atoms with Crippen molar-refractivity contribution in [2.24, 2.45) is 0 Å². The van der Waals surface area contributed by atoms with E-state index in [4.69, 9.17) is 17.3 Å². The van der Waals surface area contributed by atoms with Gasteiger partial charge in [-0.15, -0.1) is 0 Å². The minimum atomic E-state index is -0.201. The Hall–Kier alpha value is -3.05. The predicted molar refractivity (Wildman–Crippen MR) is 107 cm³/mol. The molecular weight excluding hydrogens is 348 g/mol. The molecule has 0 spiro atoms. The topological polar surface area (TPSA) is 62.5 Å². The fourth-order valence-corrected chi connectivity index (χ4v) is 2.75. The highest BCUT2D eigenvalue weighted by Gasteiger charge is 2.21. The van der Waals surface area contributed by atoms with Crippen LogP contribution in [0, 0.1) is 0 Å². The standard InChI is InChI=1S/C20H19ClN4O/c1-24(2)19-13-14(12-18(21)23-19)20(26)25(16-6-4-3-5-7-16)17-10-8-15(22)9-11-17/h3-13H,22H2,1-2H3. The number of carbonyl (C=O) groups is 1. The van der Waals surface area contributed by atoms with Gasteiger partial charge in [0.05, 0.1) is 0 Å². The van der Waals surface area contributed by atoms with Crippen LogP contribution in [0.1, 0.15) is 10.4 Å². The molecule has 132 valence electrons. The normalized spacial score (nSPS) is 10.4. The highest BCUT2D eigenvalue weighted by molar-refractivity contribution is 6.30. The van der Waals surface area contributed by atoms with Gasteiger partial charge < -0.3 is 10.6 Å². The molecule has 3 rings (SSSR count). The first-order chi connectivity index (χ1) is 12.5. The van der Waals surface area contributed by atoms with Crippen LogP contribution >= 0.6 is 11.6 Å². The Labute approximate surface area is 157 Å². The van der Waals surface area contributed by atoms with Crippen LogP contribution in [0.3, 0.4) is 0 Å². The van der Waals surface area contributed by atoms with Gasteiger partial charge in [-0.1, -0.05) is 29.8 Å². The molecular formula is C20H19ClN4O. The number of anilines is 4. The number of nitrogens with two attached hydrogens (primary N) is 1. The van der Waals surface area contributed by atoms with E-state index in [0.717, 1.165) is 11.4 Å². The van der Waals surface area contributed by atoms with Gasteiger partial charge in [0, 0.05) is 36.7 Å². The van der Waals surface area contributed by atoms with Crippen molar-refractivity contribution in [3.05, 3.63) is 77.4 Å². The summed E-state index contributed by atoms with van der Waals surface area (Å²) in [6, 6.07) is 19.9. The van der Waals surface area contributed by atoms with Crippen LogP contribution in [0.2, 0.25) is 5.15 Å². The lowest BCUT2D eigenvalue weighted by molar-refractivity contribution is 0.0999. The quantitative estimate of drug-likeness (QED) is 0.550. The summed E-state index contributed by atoms with van der Waals surface area (Å²) in [5.74, 6) is 0.416. The third-order valence-electron chi connectivity index (χ3n) is 3.85. The van der Waals surface area contributed by atoms with E-state index in [1.165, 1.54) is 0 Å². The summed E-state index contributed by atoms with van der Waals surface area (Å²) in [5.41, 5.74) is 8.35. The molecule has 5 nitrogen and oxygen atoms in total. The van der Waals surface area contributed by atoms with Crippen LogP contribution in [0.4, 0.5) is 22.9 Å². The van der Waals surface area contributed by atoms with Crippen molar-refractivity contribution in [1.82, 2.24) is 4.98 Å². The Morgan fingerprint density at radius 3 is 2.19 bits per heavy atom. The van der Waals surface area contributed by atoms with Crippen LogP contribution in [0.25, 0.3) is 0 Å². The average molecular weight is 367 g/mol. The zero-order valence-electron chi connectivity index (χ0n) is 14.6. The van der Waals surface area contributed by atoms with E-state index in [-0.39, 0.29) is 11.1 Å². The Morgan fingerprint density at radius 1 is 0.962 bits per heavy atom. The molecule has 1 aromatic heterocycles. The van der Waals surface area contributed by atoms with E-state index >= 15 is 0 Å². The second kappa shape index (κ2) is 7.45. The Bertz CT molecular complexity index is 911. The molecule has 0 fully saturated rings. The molecule has 2 N–H and O–H groups in total. The monoisotopic (exact) mass is 366 g/mol. The molecule has 2 aromatic carbocycles. The molecule has 0 radical (unpaired) electrons. The maximum atomic E-state index is 13.3. The Balaban J connectivity index is 2.10. The number of amides is 1. The minimum absolute atomic E-state index is 0.201. The molecule has 1 heterocycles. The number of nitrogens with zero attached hydrogens (tertiary/aromatic N) is 3. The maximum Gasteiger partial charge on any atom is 0.263 e. The number of benzene rings is 2. The maximum absolute atomic E-state index is 13.3. The molecule has 1 amide bonds. The second-order valence-corrected chi connectivity index (χ2v) is 6.39. The predicted octanol–water partition coefficient (Wildman–Crippen LogP) is 4.36. The van der Waals surface area contributed by atoms with Crippen LogP contribution in [0.5, 0.6) is 0 Å². The average Bonchev–Trinajstić information content (AvgIpc) is 2.64. The van der Waals surface area contributed by atoms with E-state index < -0.39 is 0 Å². The van der Waals surface area contributed by atoms with Gasteiger partial charge in [-0.2, -0.15) is 0 Å². The third-order valence-corrected chi connectivity index (χ3v) is 4.05. The molecule has 0 bridgehead atoms. The fourth-order valence-electron chi connectivity index (χ4n) is 2.55. The number of pyridine rings is 1. The zero-order valence-corrected chi connectivity index (χ0v) is 15.3. The third kappa shape index (κ3) is 3.78. The summed E-state index contributed by atoms with van der Waals surface area (Å²) in [5, 5.41) is 0.268. The summed E-state index contributed by atoms with van der Waals surface area (Å²) in [6.07, 6.45) is 0. The Morgan fingerprint density at radius 2 is 1.58 bits per heavy atom. The van der Waals surface area contributed by atoms with Gasteiger partial charge in [0.25, 0.3) is 5.91 Å². The van der Waals surface area contributed by atoms with E-state index in [2.05, 4.69) is 4.98 Å².